The van der Waals surface area contributed by atoms with Crippen molar-refractivity contribution in [3.8, 4) is 11.5 Å². The van der Waals surface area contributed by atoms with Gasteiger partial charge in [-0.3, -0.25) is 4.90 Å². The Morgan fingerprint density at radius 2 is 1.77 bits per heavy atom. The van der Waals surface area contributed by atoms with Gasteiger partial charge in [-0.1, -0.05) is 24.3 Å². The first kappa shape index (κ1) is 20.2. The van der Waals surface area contributed by atoms with E-state index in [9.17, 15) is 0 Å². The lowest BCUT2D eigenvalue weighted by atomic mass is 10.0. The third-order valence-electron chi connectivity index (χ3n) is 5.81. The summed E-state index contributed by atoms with van der Waals surface area (Å²) in [6.07, 6.45) is 2.08. The summed E-state index contributed by atoms with van der Waals surface area (Å²) in [5, 5.41) is 4.23. The Morgan fingerprint density at radius 3 is 2.47 bits per heavy atom. The van der Waals surface area contributed by atoms with E-state index in [4.69, 9.17) is 15.2 Å². The Morgan fingerprint density at radius 1 is 1.07 bits per heavy atom. The molecule has 0 bridgehead atoms. The van der Waals surface area contributed by atoms with Crippen molar-refractivity contribution in [2.45, 2.75) is 32.4 Å². The summed E-state index contributed by atoms with van der Waals surface area (Å²) in [5.41, 5.74) is 9.69. The lowest BCUT2D eigenvalue weighted by Crippen LogP contribution is -2.39. The normalized spacial score (nSPS) is 15.3. The van der Waals surface area contributed by atoms with E-state index in [0.29, 0.717) is 29.3 Å². The number of ether oxygens (including phenoxy) is 2. The van der Waals surface area contributed by atoms with Gasteiger partial charge < -0.3 is 20.5 Å². The molecule has 7 heteroatoms. The van der Waals surface area contributed by atoms with E-state index in [-0.39, 0.29) is 0 Å². The van der Waals surface area contributed by atoms with Gasteiger partial charge in [0.05, 0.1) is 19.7 Å². The second-order valence-corrected chi connectivity index (χ2v) is 7.78. The van der Waals surface area contributed by atoms with Gasteiger partial charge >= 0.3 is 0 Å². The smallest absolute Gasteiger partial charge is 0.225 e. The highest BCUT2D eigenvalue weighted by molar-refractivity contribution is 5.91. The second kappa shape index (κ2) is 8.75. The number of fused-ring (bicyclic) bond motifs is 1. The standard InChI is InChI=1S/C23H29N5O2/c1-15-6-4-5-7-16(15)14-28-10-8-17(9-11-28)25-23-26-19-13-21(30-3)20(29-2)12-18(19)22(24)27-23/h4-7,12-13,17H,8-11,14H2,1-3H3,(H3,24,25,26,27). The molecule has 1 fully saturated rings. The molecule has 1 saturated heterocycles. The van der Waals surface area contributed by atoms with E-state index >= 15 is 0 Å². The molecule has 0 saturated carbocycles. The van der Waals surface area contributed by atoms with E-state index in [1.807, 2.05) is 12.1 Å². The molecule has 2 heterocycles. The number of aromatic nitrogens is 2. The topological polar surface area (TPSA) is 85.5 Å². The van der Waals surface area contributed by atoms with Crippen molar-refractivity contribution in [1.29, 1.82) is 0 Å². The molecule has 0 radical (unpaired) electrons. The predicted octanol–water partition coefficient (Wildman–Crippen LogP) is 3.61. The number of nitrogens with zero attached hydrogens (tertiary/aromatic N) is 3. The summed E-state index contributed by atoms with van der Waals surface area (Å²) in [7, 11) is 3.21. The molecule has 1 aliphatic rings. The fraction of sp³-hybridized carbons (Fsp3) is 0.391. The number of methoxy groups -OCH3 is 2. The zero-order valence-corrected chi connectivity index (χ0v) is 17.8. The van der Waals surface area contributed by atoms with Gasteiger partial charge in [0.1, 0.15) is 5.82 Å². The molecule has 0 spiro atoms. The maximum Gasteiger partial charge on any atom is 0.225 e. The maximum absolute atomic E-state index is 6.20. The fourth-order valence-electron chi connectivity index (χ4n) is 3.99. The molecule has 158 valence electrons. The summed E-state index contributed by atoms with van der Waals surface area (Å²) in [4.78, 5) is 11.6. The van der Waals surface area contributed by atoms with Crippen molar-refractivity contribution in [2.24, 2.45) is 0 Å². The van der Waals surface area contributed by atoms with Gasteiger partial charge in [-0.25, -0.2) is 4.98 Å². The minimum absolute atomic E-state index is 0.329. The molecule has 4 rings (SSSR count). The number of rotatable bonds is 6. The molecule has 30 heavy (non-hydrogen) atoms. The Balaban J connectivity index is 1.43. The minimum atomic E-state index is 0.329. The average Bonchev–Trinajstić information content (AvgIpc) is 2.76. The second-order valence-electron chi connectivity index (χ2n) is 7.78. The van der Waals surface area contributed by atoms with Crippen molar-refractivity contribution >= 4 is 22.7 Å². The van der Waals surface area contributed by atoms with Gasteiger partial charge in [0.15, 0.2) is 11.5 Å². The van der Waals surface area contributed by atoms with Crippen LogP contribution in [0.2, 0.25) is 0 Å². The lowest BCUT2D eigenvalue weighted by Gasteiger charge is -2.32. The highest BCUT2D eigenvalue weighted by Crippen LogP contribution is 2.33. The van der Waals surface area contributed by atoms with Gasteiger partial charge in [-0.05, 0) is 37.0 Å². The molecule has 3 aromatic rings. The number of hydrogen-bond donors (Lipinski definition) is 2. The monoisotopic (exact) mass is 407 g/mol. The number of nitrogen functional groups attached to an aromatic ring is 1. The summed E-state index contributed by atoms with van der Waals surface area (Å²) in [5.74, 6) is 2.23. The molecule has 0 aliphatic carbocycles. The van der Waals surface area contributed by atoms with E-state index < -0.39 is 0 Å². The zero-order valence-electron chi connectivity index (χ0n) is 17.8. The summed E-state index contributed by atoms with van der Waals surface area (Å²) >= 11 is 0. The van der Waals surface area contributed by atoms with Crippen molar-refractivity contribution < 1.29 is 9.47 Å². The van der Waals surface area contributed by atoms with Crippen LogP contribution in [-0.4, -0.2) is 48.2 Å². The predicted molar refractivity (Wildman–Crippen MR) is 120 cm³/mol. The van der Waals surface area contributed by atoms with Crippen molar-refractivity contribution in [3.05, 3.63) is 47.5 Å². The first-order valence-corrected chi connectivity index (χ1v) is 10.3. The van der Waals surface area contributed by atoms with Gasteiger partial charge in [0.2, 0.25) is 5.95 Å². The number of piperidine rings is 1. The Hall–Kier alpha value is -3.06. The molecule has 3 N–H and O–H groups in total. The molecule has 1 aliphatic heterocycles. The van der Waals surface area contributed by atoms with E-state index in [2.05, 4.69) is 51.4 Å². The van der Waals surface area contributed by atoms with Crippen molar-refractivity contribution in [2.75, 3.05) is 38.4 Å². The van der Waals surface area contributed by atoms with Crippen LogP contribution < -0.4 is 20.5 Å². The maximum atomic E-state index is 6.20. The van der Waals surface area contributed by atoms with Crippen LogP contribution in [0.25, 0.3) is 10.9 Å². The number of nitrogens with two attached hydrogens (primary N) is 1. The van der Waals surface area contributed by atoms with Crippen molar-refractivity contribution in [1.82, 2.24) is 14.9 Å². The van der Waals surface area contributed by atoms with Gasteiger partial charge in [0, 0.05) is 37.1 Å². The van der Waals surface area contributed by atoms with E-state index in [1.54, 1.807) is 14.2 Å². The van der Waals surface area contributed by atoms with E-state index in [0.717, 1.165) is 43.4 Å². The van der Waals surface area contributed by atoms with Crippen molar-refractivity contribution in [3.63, 3.8) is 0 Å². The molecule has 1 aromatic heterocycles. The van der Waals surface area contributed by atoms with Crippen LogP contribution in [0.5, 0.6) is 11.5 Å². The number of benzene rings is 2. The summed E-state index contributed by atoms with van der Waals surface area (Å²) < 4.78 is 10.7. The largest absolute Gasteiger partial charge is 0.493 e. The lowest BCUT2D eigenvalue weighted by molar-refractivity contribution is 0.210. The van der Waals surface area contributed by atoms with Crippen LogP contribution in [0.15, 0.2) is 36.4 Å². The molecular formula is C23H29N5O2. The molecule has 0 unspecified atom stereocenters. The first-order chi connectivity index (χ1) is 14.6. The Kier molecular flexibility index (Phi) is 5.90. The van der Waals surface area contributed by atoms with Crippen LogP contribution >= 0.6 is 0 Å². The molecular weight excluding hydrogens is 378 g/mol. The Labute approximate surface area is 177 Å². The van der Waals surface area contributed by atoms with Crippen LogP contribution in [-0.2, 0) is 6.54 Å². The van der Waals surface area contributed by atoms with Gasteiger partial charge in [0.25, 0.3) is 0 Å². The fourth-order valence-corrected chi connectivity index (χ4v) is 3.99. The zero-order chi connectivity index (χ0) is 21.1. The number of nitrogens with one attached hydrogen (secondary N) is 1. The molecule has 2 aromatic carbocycles. The van der Waals surface area contributed by atoms with Crippen LogP contribution in [0.4, 0.5) is 11.8 Å². The number of anilines is 2. The third kappa shape index (κ3) is 4.26. The average molecular weight is 408 g/mol. The van der Waals surface area contributed by atoms with Crippen LogP contribution in [0.1, 0.15) is 24.0 Å². The number of likely N-dealkylation sites (tertiary alicyclic amines) is 1. The molecule has 7 nitrogen and oxygen atoms in total. The molecule has 0 amide bonds. The quantitative estimate of drug-likeness (QED) is 0.645. The Bertz CT molecular complexity index is 1030. The highest BCUT2D eigenvalue weighted by atomic mass is 16.5. The van der Waals surface area contributed by atoms with E-state index in [1.165, 1.54) is 11.1 Å². The minimum Gasteiger partial charge on any atom is -0.493 e. The van der Waals surface area contributed by atoms with Crippen LogP contribution in [0.3, 0.4) is 0 Å². The highest BCUT2D eigenvalue weighted by Gasteiger charge is 2.21. The number of aryl methyl sites for hydroxylation is 1. The van der Waals surface area contributed by atoms with Crippen LogP contribution in [0, 0.1) is 6.92 Å². The first-order valence-electron chi connectivity index (χ1n) is 10.3. The van der Waals surface area contributed by atoms with Gasteiger partial charge in [-0.2, -0.15) is 4.98 Å². The molecule has 0 atom stereocenters. The number of hydrogen-bond acceptors (Lipinski definition) is 7. The summed E-state index contributed by atoms with van der Waals surface area (Å²) in [6.45, 7) is 5.26. The SMILES string of the molecule is COc1cc2nc(NC3CCN(Cc4ccccc4C)CC3)nc(N)c2cc1OC. The third-order valence-corrected chi connectivity index (χ3v) is 5.81. The summed E-state index contributed by atoms with van der Waals surface area (Å²) in [6, 6.07) is 12.6. The van der Waals surface area contributed by atoms with Gasteiger partial charge in [-0.15, -0.1) is 0 Å².